The van der Waals surface area contributed by atoms with E-state index in [1.807, 2.05) is 0 Å². The minimum Gasteiger partial charge on any atom is -0.454 e. The molecule has 3 rings (SSSR count). The number of likely N-dealkylation sites (tertiary alicyclic amines) is 1. The van der Waals surface area contributed by atoms with Crippen LogP contribution in [0.25, 0.3) is 0 Å². The SMILES string of the molecule is O=C(COC(=O)C1CCCN1C(=O)c1ccc(Cl)s1)NC1CC1. The van der Waals surface area contributed by atoms with Crippen molar-refractivity contribution in [2.45, 2.75) is 37.8 Å². The lowest BCUT2D eigenvalue weighted by Gasteiger charge is -2.22. The maximum atomic E-state index is 12.5. The van der Waals surface area contributed by atoms with E-state index in [0.29, 0.717) is 22.2 Å². The smallest absolute Gasteiger partial charge is 0.329 e. The van der Waals surface area contributed by atoms with Gasteiger partial charge in [0, 0.05) is 12.6 Å². The highest BCUT2D eigenvalue weighted by Crippen LogP contribution is 2.27. The van der Waals surface area contributed by atoms with Crippen LogP contribution in [0.3, 0.4) is 0 Å². The first kappa shape index (κ1) is 16.3. The molecule has 1 saturated carbocycles. The van der Waals surface area contributed by atoms with Crippen molar-refractivity contribution < 1.29 is 19.1 Å². The van der Waals surface area contributed by atoms with Crippen molar-refractivity contribution in [1.29, 1.82) is 0 Å². The molecule has 0 spiro atoms. The van der Waals surface area contributed by atoms with Crippen LogP contribution in [0.5, 0.6) is 0 Å². The Hall–Kier alpha value is -1.60. The molecule has 1 N–H and O–H groups in total. The highest BCUT2D eigenvalue weighted by atomic mass is 35.5. The average Bonchev–Trinajstić information content (AvgIpc) is 3.03. The first-order chi connectivity index (χ1) is 11.0. The third kappa shape index (κ3) is 4.03. The van der Waals surface area contributed by atoms with Gasteiger partial charge in [-0.2, -0.15) is 0 Å². The van der Waals surface area contributed by atoms with E-state index in [-0.39, 0.29) is 24.5 Å². The number of hydrogen-bond acceptors (Lipinski definition) is 5. The van der Waals surface area contributed by atoms with Crippen molar-refractivity contribution in [2.24, 2.45) is 0 Å². The molecule has 1 unspecified atom stereocenters. The average molecular weight is 357 g/mol. The van der Waals surface area contributed by atoms with Gasteiger partial charge in [0.2, 0.25) is 0 Å². The molecule has 0 bridgehead atoms. The van der Waals surface area contributed by atoms with E-state index in [4.69, 9.17) is 16.3 Å². The van der Waals surface area contributed by atoms with E-state index < -0.39 is 12.0 Å². The van der Waals surface area contributed by atoms with Crippen LogP contribution in [-0.4, -0.2) is 47.9 Å². The second kappa shape index (κ2) is 6.88. The molecule has 2 heterocycles. The standard InChI is InChI=1S/C15H17ClN2O4S/c16-12-6-5-11(23-12)14(20)18-7-1-2-10(18)15(21)22-8-13(19)17-9-3-4-9/h5-6,9-10H,1-4,7-8H2,(H,17,19). The van der Waals surface area contributed by atoms with E-state index in [1.165, 1.54) is 16.2 Å². The number of ether oxygens (including phenoxy) is 1. The number of hydrogen-bond donors (Lipinski definition) is 1. The fraction of sp³-hybridized carbons (Fsp3) is 0.533. The maximum absolute atomic E-state index is 12.5. The van der Waals surface area contributed by atoms with Gasteiger partial charge < -0.3 is 15.0 Å². The third-order valence-corrected chi connectivity index (χ3v) is 5.08. The molecule has 124 valence electrons. The van der Waals surface area contributed by atoms with E-state index >= 15 is 0 Å². The summed E-state index contributed by atoms with van der Waals surface area (Å²) in [5.41, 5.74) is 0. The van der Waals surface area contributed by atoms with Gasteiger partial charge in [-0.1, -0.05) is 11.6 Å². The molecule has 2 fully saturated rings. The van der Waals surface area contributed by atoms with Crippen LogP contribution in [-0.2, 0) is 14.3 Å². The van der Waals surface area contributed by atoms with Gasteiger partial charge in [0.25, 0.3) is 11.8 Å². The van der Waals surface area contributed by atoms with Crippen molar-refractivity contribution in [3.8, 4) is 0 Å². The number of carbonyl (C=O) groups excluding carboxylic acids is 3. The first-order valence-electron chi connectivity index (χ1n) is 7.57. The van der Waals surface area contributed by atoms with Crippen LogP contribution >= 0.6 is 22.9 Å². The third-order valence-electron chi connectivity index (χ3n) is 3.86. The first-order valence-corrected chi connectivity index (χ1v) is 8.76. The molecule has 0 radical (unpaired) electrons. The number of esters is 1. The van der Waals surface area contributed by atoms with E-state index in [2.05, 4.69) is 5.32 Å². The Morgan fingerprint density at radius 2 is 2.09 bits per heavy atom. The van der Waals surface area contributed by atoms with Crippen molar-refractivity contribution in [3.05, 3.63) is 21.3 Å². The molecule has 1 aliphatic heterocycles. The molecule has 6 nitrogen and oxygen atoms in total. The van der Waals surface area contributed by atoms with Crippen LogP contribution in [0, 0.1) is 0 Å². The van der Waals surface area contributed by atoms with Crippen molar-refractivity contribution in [1.82, 2.24) is 10.2 Å². The van der Waals surface area contributed by atoms with Gasteiger partial charge in [-0.05, 0) is 37.8 Å². The second-order valence-corrected chi connectivity index (χ2v) is 7.42. The van der Waals surface area contributed by atoms with Gasteiger partial charge in [-0.3, -0.25) is 9.59 Å². The number of amides is 2. The van der Waals surface area contributed by atoms with Gasteiger partial charge in [0.05, 0.1) is 9.21 Å². The number of halogens is 1. The van der Waals surface area contributed by atoms with Crippen molar-refractivity contribution in [3.63, 3.8) is 0 Å². The lowest BCUT2D eigenvalue weighted by molar-refractivity contribution is -0.152. The molecule has 1 aromatic heterocycles. The number of rotatable bonds is 5. The number of carbonyl (C=O) groups is 3. The number of nitrogens with one attached hydrogen (secondary N) is 1. The monoisotopic (exact) mass is 356 g/mol. The van der Waals surface area contributed by atoms with Crippen molar-refractivity contribution in [2.75, 3.05) is 13.2 Å². The Morgan fingerprint density at radius 3 is 2.74 bits per heavy atom. The summed E-state index contributed by atoms with van der Waals surface area (Å²) < 4.78 is 5.60. The molecule has 2 amide bonds. The van der Waals surface area contributed by atoms with Gasteiger partial charge in [0.1, 0.15) is 6.04 Å². The molecule has 1 saturated heterocycles. The lowest BCUT2D eigenvalue weighted by atomic mass is 10.2. The summed E-state index contributed by atoms with van der Waals surface area (Å²) in [5.74, 6) is -1.03. The molecular formula is C15H17ClN2O4S. The Bertz CT molecular complexity index is 629. The van der Waals surface area contributed by atoms with Crippen LogP contribution in [0.4, 0.5) is 0 Å². The van der Waals surface area contributed by atoms with Crippen molar-refractivity contribution >= 4 is 40.7 Å². The summed E-state index contributed by atoms with van der Waals surface area (Å²) in [6.45, 7) is 0.209. The normalized spacial score (nSPS) is 20.4. The fourth-order valence-electron chi connectivity index (χ4n) is 2.56. The summed E-state index contributed by atoms with van der Waals surface area (Å²) in [4.78, 5) is 38.2. The highest BCUT2D eigenvalue weighted by Gasteiger charge is 2.36. The molecule has 1 aliphatic carbocycles. The highest BCUT2D eigenvalue weighted by molar-refractivity contribution is 7.17. The zero-order valence-corrected chi connectivity index (χ0v) is 14.0. The maximum Gasteiger partial charge on any atom is 0.329 e. The minimum absolute atomic E-state index is 0.219. The fourth-order valence-corrected chi connectivity index (χ4v) is 3.55. The topological polar surface area (TPSA) is 75.7 Å². The van der Waals surface area contributed by atoms with Crippen LogP contribution < -0.4 is 5.32 Å². The molecule has 0 aromatic carbocycles. The minimum atomic E-state index is -0.628. The van der Waals surface area contributed by atoms with Gasteiger partial charge in [0.15, 0.2) is 6.61 Å². The van der Waals surface area contributed by atoms with E-state index in [9.17, 15) is 14.4 Å². The molecule has 1 aromatic rings. The van der Waals surface area contributed by atoms with E-state index in [0.717, 1.165) is 19.3 Å². The van der Waals surface area contributed by atoms with Crippen LogP contribution in [0.2, 0.25) is 4.34 Å². The van der Waals surface area contributed by atoms with E-state index in [1.54, 1.807) is 12.1 Å². The zero-order valence-electron chi connectivity index (χ0n) is 12.4. The summed E-state index contributed by atoms with van der Waals surface area (Å²) >= 11 is 7.04. The molecule has 2 aliphatic rings. The quantitative estimate of drug-likeness (QED) is 0.817. The summed E-state index contributed by atoms with van der Waals surface area (Å²) in [6, 6.07) is 2.91. The zero-order chi connectivity index (χ0) is 16.4. The Kier molecular flexibility index (Phi) is 4.87. The van der Waals surface area contributed by atoms with Crippen LogP contribution in [0.15, 0.2) is 12.1 Å². The predicted molar refractivity (Wildman–Crippen MR) is 85.5 cm³/mol. The number of nitrogens with zero attached hydrogens (tertiary/aromatic N) is 1. The summed E-state index contributed by atoms with van der Waals surface area (Å²) in [5, 5.41) is 2.75. The Balaban J connectivity index is 1.55. The van der Waals surface area contributed by atoms with Crippen LogP contribution in [0.1, 0.15) is 35.4 Å². The lowest BCUT2D eigenvalue weighted by Crippen LogP contribution is -2.42. The molecule has 1 atom stereocenters. The summed E-state index contributed by atoms with van der Waals surface area (Å²) in [6.07, 6.45) is 3.24. The summed E-state index contributed by atoms with van der Waals surface area (Å²) in [7, 11) is 0. The van der Waals surface area contributed by atoms with Gasteiger partial charge in [-0.25, -0.2) is 4.79 Å². The second-order valence-electron chi connectivity index (χ2n) is 5.71. The Labute approximate surface area is 142 Å². The van der Waals surface area contributed by atoms with Gasteiger partial charge in [-0.15, -0.1) is 11.3 Å². The Morgan fingerprint density at radius 1 is 1.30 bits per heavy atom. The molecule has 8 heteroatoms. The molecular weight excluding hydrogens is 340 g/mol. The predicted octanol–water partition coefficient (Wildman–Crippen LogP) is 1.83. The number of thiophene rings is 1. The molecule has 23 heavy (non-hydrogen) atoms. The van der Waals surface area contributed by atoms with Gasteiger partial charge >= 0.3 is 5.97 Å². The largest absolute Gasteiger partial charge is 0.454 e.